The van der Waals surface area contributed by atoms with Gasteiger partial charge in [-0.15, -0.1) is 5.10 Å². The van der Waals surface area contributed by atoms with Gasteiger partial charge in [0, 0.05) is 16.1 Å². The fourth-order valence-corrected chi connectivity index (χ4v) is 3.37. The van der Waals surface area contributed by atoms with Crippen LogP contribution < -0.4 is 9.47 Å². The molecule has 8 heteroatoms. The number of aromatic nitrogens is 3. The maximum atomic E-state index is 6.21. The quantitative estimate of drug-likeness (QED) is 0.309. The van der Waals surface area contributed by atoms with Crippen LogP contribution in [0.1, 0.15) is 11.3 Å². The van der Waals surface area contributed by atoms with Crippen LogP contribution in [0.25, 0.3) is 0 Å². The van der Waals surface area contributed by atoms with Crippen molar-refractivity contribution in [1.29, 1.82) is 0 Å². The van der Waals surface area contributed by atoms with E-state index in [0.717, 1.165) is 5.56 Å². The van der Waals surface area contributed by atoms with Gasteiger partial charge in [0.1, 0.15) is 18.1 Å². The highest BCUT2D eigenvalue weighted by molar-refractivity contribution is 6.35. The number of benzene rings is 3. The molecule has 0 saturated carbocycles. The number of ether oxygens (including phenoxy) is 2. The Morgan fingerprint density at radius 3 is 2.30 bits per heavy atom. The van der Waals surface area contributed by atoms with E-state index in [-0.39, 0.29) is 6.61 Å². The Bertz CT molecular complexity index is 1150. The monoisotopic (exact) mass is 459 g/mol. The first-order valence-electron chi connectivity index (χ1n) is 9.05. The van der Waals surface area contributed by atoms with E-state index in [2.05, 4.69) is 10.3 Å². The lowest BCUT2D eigenvalue weighted by atomic mass is 10.2. The molecule has 0 aliphatic rings. The topological polar surface area (TPSA) is 49.2 Å². The summed E-state index contributed by atoms with van der Waals surface area (Å²) in [5.74, 6) is 1.40. The molecule has 0 atom stereocenters. The SMILES string of the molecule is Clc1ccc(Oc2ccc(Cl)cc2OCc2cn(Cc3ccccc3)nn2)c(Cl)c1. The van der Waals surface area contributed by atoms with Gasteiger partial charge in [-0.1, -0.05) is 70.3 Å². The molecule has 0 saturated heterocycles. The van der Waals surface area contributed by atoms with Crippen LogP contribution in [0.4, 0.5) is 0 Å². The summed E-state index contributed by atoms with van der Waals surface area (Å²) in [5, 5.41) is 9.76. The summed E-state index contributed by atoms with van der Waals surface area (Å²) in [6.45, 7) is 0.842. The van der Waals surface area contributed by atoms with Crippen LogP contribution >= 0.6 is 34.8 Å². The third-order valence-corrected chi connectivity index (χ3v) is 4.93. The van der Waals surface area contributed by atoms with Crippen molar-refractivity contribution in [3.63, 3.8) is 0 Å². The predicted molar refractivity (Wildman–Crippen MR) is 118 cm³/mol. The van der Waals surface area contributed by atoms with Gasteiger partial charge in [0.25, 0.3) is 0 Å². The van der Waals surface area contributed by atoms with Crippen molar-refractivity contribution in [1.82, 2.24) is 15.0 Å². The summed E-state index contributed by atoms with van der Waals surface area (Å²) in [6, 6.07) is 20.1. The van der Waals surface area contributed by atoms with Crippen LogP contribution in [-0.2, 0) is 13.2 Å². The Morgan fingerprint density at radius 1 is 0.800 bits per heavy atom. The van der Waals surface area contributed by atoms with E-state index in [1.807, 2.05) is 36.5 Å². The lowest BCUT2D eigenvalue weighted by Gasteiger charge is -2.13. The minimum absolute atomic E-state index is 0.208. The van der Waals surface area contributed by atoms with Gasteiger partial charge in [0.15, 0.2) is 11.5 Å². The maximum Gasteiger partial charge on any atom is 0.169 e. The van der Waals surface area contributed by atoms with E-state index in [4.69, 9.17) is 44.3 Å². The highest BCUT2D eigenvalue weighted by Gasteiger charge is 2.12. The zero-order valence-electron chi connectivity index (χ0n) is 15.6. The van der Waals surface area contributed by atoms with Crippen LogP contribution in [0, 0.1) is 0 Å². The number of rotatable bonds is 7. The summed E-state index contributed by atoms with van der Waals surface area (Å²) >= 11 is 18.3. The summed E-state index contributed by atoms with van der Waals surface area (Å²) in [7, 11) is 0. The second-order valence-electron chi connectivity index (χ2n) is 6.45. The Hall–Kier alpha value is -2.73. The first-order valence-corrected chi connectivity index (χ1v) is 10.2. The van der Waals surface area contributed by atoms with Crippen molar-refractivity contribution in [2.24, 2.45) is 0 Å². The van der Waals surface area contributed by atoms with E-state index in [9.17, 15) is 0 Å². The molecule has 1 aromatic heterocycles. The molecule has 0 N–H and O–H groups in total. The molecular formula is C22H16Cl3N3O2. The summed E-state index contributed by atoms with van der Waals surface area (Å²) < 4.78 is 13.6. The minimum Gasteiger partial charge on any atom is -0.483 e. The molecule has 152 valence electrons. The molecule has 0 aliphatic heterocycles. The molecule has 1 heterocycles. The predicted octanol–water partition coefficient (Wildman–Crippen LogP) is 6.66. The van der Waals surface area contributed by atoms with Gasteiger partial charge in [-0.2, -0.15) is 0 Å². The Morgan fingerprint density at radius 2 is 1.53 bits per heavy atom. The lowest BCUT2D eigenvalue weighted by Crippen LogP contribution is -2.00. The Balaban J connectivity index is 1.46. The van der Waals surface area contributed by atoms with Crippen molar-refractivity contribution in [3.05, 3.63) is 99.3 Å². The summed E-state index contributed by atoms with van der Waals surface area (Å²) in [5.41, 5.74) is 1.82. The molecule has 5 nitrogen and oxygen atoms in total. The standard InChI is InChI=1S/C22H16Cl3N3O2/c23-16-6-8-20(19(25)10-16)30-21-9-7-17(24)11-22(21)29-14-18-13-28(27-26-18)12-15-4-2-1-3-5-15/h1-11,13H,12,14H2. The van der Waals surface area contributed by atoms with Crippen LogP contribution in [0.15, 0.2) is 72.9 Å². The van der Waals surface area contributed by atoms with E-state index in [1.54, 1.807) is 41.1 Å². The maximum absolute atomic E-state index is 6.21. The zero-order chi connectivity index (χ0) is 20.9. The largest absolute Gasteiger partial charge is 0.483 e. The van der Waals surface area contributed by atoms with Crippen LogP contribution in [0.3, 0.4) is 0 Å². The first-order chi connectivity index (χ1) is 14.6. The van der Waals surface area contributed by atoms with E-state index in [0.29, 0.717) is 44.6 Å². The second-order valence-corrected chi connectivity index (χ2v) is 7.73. The third kappa shape index (κ3) is 5.25. The molecular weight excluding hydrogens is 445 g/mol. The molecule has 30 heavy (non-hydrogen) atoms. The number of hydrogen-bond acceptors (Lipinski definition) is 4. The van der Waals surface area contributed by atoms with Crippen molar-refractivity contribution in [2.75, 3.05) is 0 Å². The molecule has 0 amide bonds. The molecule has 3 aromatic carbocycles. The van der Waals surface area contributed by atoms with Crippen molar-refractivity contribution >= 4 is 34.8 Å². The normalized spacial score (nSPS) is 10.8. The van der Waals surface area contributed by atoms with Gasteiger partial charge < -0.3 is 9.47 Å². The van der Waals surface area contributed by atoms with E-state index < -0.39 is 0 Å². The number of hydrogen-bond donors (Lipinski definition) is 0. The fraction of sp³-hybridized carbons (Fsp3) is 0.0909. The van der Waals surface area contributed by atoms with Gasteiger partial charge >= 0.3 is 0 Å². The molecule has 0 radical (unpaired) electrons. The molecule has 0 spiro atoms. The average Bonchev–Trinajstić information content (AvgIpc) is 3.18. The Labute approximate surface area is 188 Å². The molecule has 4 aromatic rings. The minimum atomic E-state index is 0.208. The smallest absolute Gasteiger partial charge is 0.169 e. The highest BCUT2D eigenvalue weighted by Crippen LogP contribution is 2.37. The molecule has 0 bridgehead atoms. The van der Waals surface area contributed by atoms with E-state index >= 15 is 0 Å². The lowest BCUT2D eigenvalue weighted by molar-refractivity contribution is 0.287. The summed E-state index contributed by atoms with van der Waals surface area (Å²) in [4.78, 5) is 0. The molecule has 0 aliphatic carbocycles. The van der Waals surface area contributed by atoms with Gasteiger partial charge in [-0.3, -0.25) is 0 Å². The second kappa shape index (κ2) is 9.39. The average molecular weight is 461 g/mol. The third-order valence-electron chi connectivity index (χ3n) is 4.17. The van der Waals surface area contributed by atoms with Gasteiger partial charge in [-0.05, 0) is 35.9 Å². The van der Waals surface area contributed by atoms with Crippen molar-refractivity contribution in [2.45, 2.75) is 13.2 Å². The van der Waals surface area contributed by atoms with Crippen LogP contribution in [-0.4, -0.2) is 15.0 Å². The first kappa shape index (κ1) is 20.5. The Kier molecular flexibility index (Phi) is 6.43. The molecule has 4 rings (SSSR count). The van der Waals surface area contributed by atoms with Crippen molar-refractivity contribution in [3.8, 4) is 17.2 Å². The zero-order valence-corrected chi connectivity index (χ0v) is 17.9. The number of nitrogens with zero attached hydrogens (tertiary/aromatic N) is 3. The van der Waals surface area contributed by atoms with Crippen LogP contribution in [0.5, 0.6) is 17.2 Å². The molecule has 0 unspecified atom stereocenters. The van der Waals surface area contributed by atoms with Gasteiger partial charge in [-0.25, -0.2) is 4.68 Å². The van der Waals surface area contributed by atoms with Gasteiger partial charge in [0.05, 0.1) is 17.8 Å². The van der Waals surface area contributed by atoms with Crippen LogP contribution in [0.2, 0.25) is 15.1 Å². The highest BCUT2D eigenvalue weighted by atomic mass is 35.5. The van der Waals surface area contributed by atoms with E-state index in [1.165, 1.54) is 0 Å². The van der Waals surface area contributed by atoms with Gasteiger partial charge in [0.2, 0.25) is 0 Å². The summed E-state index contributed by atoms with van der Waals surface area (Å²) in [6.07, 6.45) is 1.84. The van der Waals surface area contributed by atoms with Crippen molar-refractivity contribution < 1.29 is 9.47 Å². The molecule has 0 fully saturated rings. The number of halogens is 3. The fourth-order valence-electron chi connectivity index (χ4n) is 2.76.